The van der Waals surface area contributed by atoms with Crippen LogP contribution in [0, 0.1) is 5.92 Å². The third-order valence-corrected chi connectivity index (χ3v) is 4.23. The van der Waals surface area contributed by atoms with Crippen molar-refractivity contribution in [2.45, 2.75) is 51.6 Å². The Balaban J connectivity index is 1.78. The van der Waals surface area contributed by atoms with E-state index >= 15 is 0 Å². The molecule has 112 valence electrons. The Morgan fingerprint density at radius 1 is 1.43 bits per heavy atom. The molecule has 1 atom stereocenters. The number of Topliss-reactive ketones (excluding diaryl/α,β-unsaturated/α-hetero) is 1. The van der Waals surface area contributed by atoms with Crippen LogP contribution in [-0.2, 0) is 17.8 Å². The lowest BCUT2D eigenvalue weighted by atomic mass is 10.0. The summed E-state index contributed by atoms with van der Waals surface area (Å²) in [5.74, 6) is 1.66. The molecule has 0 radical (unpaired) electrons. The Morgan fingerprint density at radius 2 is 2.19 bits per heavy atom. The van der Waals surface area contributed by atoms with E-state index in [9.17, 15) is 4.79 Å². The maximum absolute atomic E-state index is 12.3. The van der Waals surface area contributed by atoms with Gasteiger partial charge in [0.1, 0.15) is 11.6 Å². The molecule has 4 heteroatoms. The molecule has 0 aliphatic heterocycles. The molecule has 1 aliphatic carbocycles. The number of hydrogen-bond donors (Lipinski definition) is 1. The Morgan fingerprint density at radius 3 is 2.90 bits per heavy atom. The number of ketones is 1. The lowest BCUT2D eigenvalue weighted by Crippen LogP contribution is -2.27. The Kier molecular flexibility index (Phi) is 4.06. The van der Waals surface area contributed by atoms with Crippen LogP contribution in [0.4, 0.5) is 0 Å². The van der Waals surface area contributed by atoms with Crippen LogP contribution in [-0.4, -0.2) is 21.4 Å². The third kappa shape index (κ3) is 3.16. The molecule has 1 aromatic carbocycles. The third-order valence-electron chi connectivity index (χ3n) is 4.23. The fourth-order valence-corrected chi connectivity index (χ4v) is 2.94. The van der Waals surface area contributed by atoms with Crippen molar-refractivity contribution in [1.29, 1.82) is 0 Å². The van der Waals surface area contributed by atoms with Crippen molar-refractivity contribution in [2.24, 2.45) is 11.7 Å². The number of carbonyl (C=O) groups is 1. The summed E-state index contributed by atoms with van der Waals surface area (Å²) in [6.07, 6.45) is 4.28. The van der Waals surface area contributed by atoms with Gasteiger partial charge in [0.25, 0.3) is 0 Å². The highest BCUT2D eigenvalue weighted by Crippen LogP contribution is 2.33. The number of nitrogens with zero attached hydrogens (tertiary/aromatic N) is 2. The fraction of sp³-hybridized carbons (Fsp3) is 0.529. The zero-order chi connectivity index (χ0) is 14.8. The van der Waals surface area contributed by atoms with Crippen LogP contribution >= 0.6 is 0 Å². The number of fused-ring (bicyclic) bond motifs is 1. The maximum Gasteiger partial charge on any atom is 0.141 e. The van der Waals surface area contributed by atoms with Crippen LogP contribution in [0.5, 0.6) is 0 Å². The molecule has 21 heavy (non-hydrogen) atoms. The van der Waals surface area contributed by atoms with E-state index in [1.165, 1.54) is 12.8 Å². The van der Waals surface area contributed by atoms with E-state index in [-0.39, 0.29) is 11.8 Å². The summed E-state index contributed by atoms with van der Waals surface area (Å²) in [6.45, 7) is 3.04. The predicted molar refractivity (Wildman–Crippen MR) is 84.1 cm³/mol. The summed E-state index contributed by atoms with van der Waals surface area (Å²) in [5.41, 5.74) is 8.15. The van der Waals surface area contributed by atoms with Crippen LogP contribution in [0.1, 0.15) is 38.4 Å². The Bertz CT molecular complexity index is 643. The number of imidazole rings is 1. The van der Waals surface area contributed by atoms with Crippen molar-refractivity contribution in [3.05, 3.63) is 30.1 Å². The molecule has 1 aliphatic rings. The number of hydrogen-bond acceptors (Lipinski definition) is 3. The van der Waals surface area contributed by atoms with Gasteiger partial charge in [-0.3, -0.25) is 4.79 Å². The van der Waals surface area contributed by atoms with E-state index in [1.54, 1.807) is 0 Å². The van der Waals surface area contributed by atoms with Crippen LogP contribution in [0.3, 0.4) is 0 Å². The van der Waals surface area contributed by atoms with E-state index in [1.807, 2.05) is 18.2 Å². The SMILES string of the molecule is CCCn1c(CC(=O)CC(N)C2CC2)nc2ccccc21. The van der Waals surface area contributed by atoms with Gasteiger partial charge in [-0.15, -0.1) is 0 Å². The first-order valence-electron chi connectivity index (χ1n) is 7.90. The topological polar surface area (TPSA) is 60.9 Å². The molecule has 0 bridgehead atoms. The molecule has 0 saturated heterocycles. The highest BCUT2D eigenvalue weighted by atomic mass is 16.1. The monoisotopic (exact) mass is 285 g/mol. The lowest BCUT2D eigenvalue weighted by molar-refractivity contribution is -0.119. The van der Waals surface area contributed by atoms with Gasteiger partial charge in [-0.2, -0.15) is 0 Å². The maximum atomic E-state index is 12.3. The smallest absolute Gasteiger partial charge is 0.141 e. The van der Waals surface area contributed by atoms with Crippen molar-refractivity contribution in [2.75, 3.05) is 0 Å². The first-order chi connectivity index (χ1) is 10.2. The standard InChI is InChI=1S/C17H23N3O/c1-2-9-20-16-6-4-3-5-15(16)19-17(20)11-13(21)10-14(18)12-7-8-12/h3-6,12,14H,2,7-11,18H2,1H3. The fourth-order valence-electron chi connectivity index (χ4n) is 2.94. The van der Waals surface area contributed by atoms with E-state index in [0.717, 1.165) is 29.8 Å². The summed E-state index contributed by atoms with van der Waals surface area (Å²) < 4.78 is 2.18. The highest BCUT2D eigenvalue weighted by Gasteiger charge is 2.30. The number of benzene rings is 1. The number of aromatic nitrogens is 2. The van der Waals surface area contributed by atoms with Crippen molar-refractivity contribution < 1.29 is 4.79 Å². The molecule has 1 heterocycles. The molecule has 4 nitrogen and oxygen atoms in total. The van der Waals surface area contributed by atoms with Gasteiger partial charge in [0, 0.05) is 19.0 Å². The minimum Gasteiger partial charge on any atom is -0.328 e. The van der Waals surface area contributed by atoms with Crippen LogP contribution in [0.15, 0.2) is 24.3 Å². The number of rotatable bonds is 7. The second-order valence-electron chi connectivity index (χ2n) is 6.09. The van der Waals surface area contributed by atoms with Gasteiger partial charge in [0.2, 0.25) is 0 Å². The minimum absolute atomic E-state index is 0.0431. The molecule has 1 unspecified atom stereocenters. The largest absolute Gasteiger partial charge is 0.328 e. The summed E-state index contributed by atoms with van der Waals surface area (Å²) in [4.78, 5) is 16.9. The molecular formula is C17H23N3O. The molecule has 1 fully saturated rings. The Labute approximate surface area is 125 Å². The first kappa shape index (κ1) is 14.3. The van der Waals surface area contributed by atoms with Gasteiger partial charge in [-0.05, 0) is 37.3 Å². The van der Waals surface area contributed by atoms with Gasteiger partial charge in [-0.1, -0.05) is 19.1 Å². The second-order valence-corrected chi connectivity index (χ2v) is 6.09. The number of aryl methyl sites for hydroxylation is 1. The minimum atomic E-state index is 0.0431. The quantitative estimate of drug-likeness (QED) is 0.850. The van der Waals surface area contributed by atoms with Crippen molar-refractivity contribution in [3.8, 4) is 0 Å². The average Bonchev–Trinajstić information content (AvgIpc) is 3.25. The summed E-state index contributed by atoms with van der Waals surface area (Å²) in [5, 5.41) is 0. The molecule has 1 saturated carbocycles. The van der Waals surface area contributed by atoms with Gasteiger partial charge < -0.3 is 10.3 Å². The zero-order valence-corrected chi connectivity index (χ0v) is 12.6. The van der Waals surface area contributed by atoms with Crippen LogP contribution in [0.2, 0.25) is 0 Å². The van der Waals surface area contributed by atoms with E-state index in [4.69, 9.17) is 5.73 Å². The Hall–Kier alpha value is -1.68. The number of nitrogens with two attached hydrogens (primary N) is 1. The zero-order valence-electron chi connectivity index (χ0n) is 12.6. The molecular weight excluding hydrogens is 262 g/mol. The predicted octanol–water partition coefficient (Wildman–Crippen LogP) is 2.69. The van der Waals surface area contributed by atoms with Crippen molar-refractivity contribution >= 4 is 16.8 Å². The summed E-state index contributed by atoms with van der Waals surface area (Å²) >= 11 is 0. The van der Waals surface area contributed by atoms with E-state index < -0.39 is 0 Å². The lowest BCUT2D eigenvalue weighted by Gasteiger charge is -2.10. The summed E-state index contributed by atoms with van der Waals surface area (Å²) in [7, 11) is 0. The molecule has 2 N–H and O–H groups in total. The average molecular weight is 285 g/mol. The van der Waals surface area contributed by atoms with Gasteiger partial charge in [0.05, 0.1) is 17.5 Å². The van der Waals surface area contributed by atoms with Crippen molar-refractivity contribution in [3.63, 3.8) is 0 Å². The highest BCUT2D eigenvalue weighted by molar-refractivity contribution is 5.83. The van der Waals surface area contributed by atoms with Crippen LogP contribution in [0.25, 0.3) is 11.0 Å². The molecule has 1 aromatic heterocycles. The number of para-hydroxylation sites is 2. The van der Waals surface area contributed by atoms with E-state index in [2.05, 4.69) is 22.5 Å². The first-order valence-corrected chi connectivity index (χ1v) is 7.90. The molecule has 2 aromatic rings. The second kappa shape index (κ2) is 5.98. The van der Waals surface area contributed by atoms with Crippen molar-refractivity contribution in [1.82, 2.24) is 9.55 Å². The molecule has 0 amide bonds. The normalized spacial score (nSPS) is 16.3. The number of carbonyl (C=O) groups excluding carboxylic acids is 1. The molecule has 0 spiro atoms. The summed E-state index contributed by atoms with van der Waals surface area (Å²) in [6, 6.07) is 8.12. The van der Waals surface area contributed by atoms with E-state index in [0.29, 0.717) is 18.8 Å². The van der Waals surface area contributed by atoms with Gasteiger partial charge >= 0.3 is 0 Å². The molecule has 3 rings (SSSR count). The van der Waals surface area contributed by atoms with Crippen LogP contribution < -0.4 is 5.73 Å². The van der Waals surface area contributed by atoms with Gasteiger partial charge in [-0.25, -0.2) is 4.98 Å². The van der Waals surface area contributed by atoms with Gasteiger partial charge in [0.15, 0.2) is 0 Å².